The Labute approximate surface area is 217 Å². The lowest BCUT2D eigenvalue weighted by Gasteiger charge is -2.31. The van der Waals surface area contributed by atoms with E-state index in [1.807, 2.05) is 12.1 Å². The molecule has 0 bridgehead atoms. The molecule has 2 aromatic rings. The number of sulfonamides is 1. The molecule has 0 saturated carbocycles. The van der Waals surface area contributed by atoms with E-state index in [0.717, 1.165) is 38.4 Å². The number of rotatable bonds is 8. The van der Waals surface area contributed by atoms with Crippen LogP contribution in [-0.4, -0.2) is 62.9 Å². The summed E-state index contributed by atoms with van der Waals surface area (Å²) in [6, 6.07) is 13.0. The highest BCUT2D eigenvalue weighted by atomic mass is 35.5. The molecule has 0 aromatic heterocycles. The van der Waals surface area contributed by atoms with Crippen molar-refractivity contribution in [2.45, 2.75) is 31.7 Å². The molecule has 0 unspecified atom stereocenters. The average Bonchev–Trinajstić information content (AvgIpc) is 2.85. The summed E-state index contributed by atoms with van der Waals surface area (Å²) >= 11 is 12.1. The minimum absolute atomic E-state index is 0.118. The minimum Gasteiger partial charge on any atom is -0.379 e. The zero-order valence-corrected chi connectivity index (χ0v) is 21.9. The lowest BCUT2D eigenvalue weighted by molar-refractivity contribution is -0.126. The van der Waals surface area contributed by atoms with E-state index in [1.165, 1.54) is 15.9 Å². The van der Waals surface area contributed by atoms with Gasteiger partial charge in [0.15, 0.2) is 0 Å². The fraction of sp³-hybridized carbons (Fsp3) is 0.480. The lowest BCUT2D eigenvalue weighted by atomic mass is 9.98. The number of ether oxygens (including phenoxy) is 1. The molecule has 2 heterocycles. The molecule has 10 heteroatoms. The van der Waals surface area contributed by atoms with Gasteiger partial charge in [-0.3, -0.25) is 9.69 Å². The van der Waals surface area contributed by atoms with Gasteiger partial charge in [-0.15, -0.1) is 0 Å². The molecule has 2 aromatic carbocycles. The fourth-order valence-corrected chi connectivity index (χ4v) is 6.72. The number of carbonyl (C=O) groups is 1. The highest BCUT2D eigenvalue weighted by Crippen LogP contribution is 2.26. The molecule has 190 valence electrons. The van der Waals surface area contributed by atoms with Crippen molar-refractivity contribution in [3.8, 4) is 0 Å². The monoisotopic (exact) mass is 539 g/mol. The van der Waals surface area contributed by atoms with Crippen molar-refractivity contribution in [2.24, 2.45) is 5.92 Å². The van der Waals surface area contributed by atoms with Crippen molar-refractivity contribution in [1.29, 1.82) is 0 Å². The molecule has 0 spiro atoms. The Morgan fingerprint density at radius 1 is 1.06 bits per heavy atom. The van der Waals surface area contributed by atoms with Gasteiger partial charge in [0, 0.05) is 49.3 Å². The van der Waals surface area contributed by atoms with E-state index in [-0.39, 0.29) is 24.1 Å². The van der Waals surface area contributed by atoms with E-state index in [2.05, 4.69) is 22.3 Å². The Kier molecular flexibility index (Phi) is 9.07. The molecule has 2 aliphatic rings. The van der Waals surface area contributed by atoms with Crippen molar-refractivity contribution >= 4 is 39.1 Å². The van der Waals surface area contributed by atoms with Crippen molar-refractivity contribution in [1.82, 2.24) is 14.5 Å². The first-order valence-corrected chi connectivity index (χ1v) is 14.2. The van der Waals surface area contributed by atoms with Crippen LogP contribution in [0.2, 0.25) is 10.0 Å². The lowest BCUT2D eigenvalue weighted by Crippen LogP contribution is -2.45. The van der Waals surface area contributed by atoms with E-state index in [1.54, 1.807) is 12.1 Å². The molecule has 2 fully saturated rings. The number of nitrogens with zero attached hydrogens (tertiary/aromatic N) is 2. The number of benzene rings is 2. The number of carbonyl (C=O) groups excluding carboxylic acids is 1. The molecule has 2 aliphatic heterocycles. The molecular formula is C25H31Cl2N3O4S. The van der Waals surface area contributed by atoms with E-state index >= 15 is 0 Å². The third kappa shape index (κ3) is 7.41. The van der Waals surface area contributed by atoms with Crippen molar-refractivity contribution in [2.75, 3.05) is 39.4 Å². The number of hydrogen-bond donors (Lipinski definition) is 1. The first kappa shape index (κ1) is 26.4. The Balaban J connectivity index is 1.31. The van der Waals surface area contributed by atoms with Crippen LogP contribution in [0.3, 0.4) is 0 Å². The molecule has 2 saturated heterocycles. The number of hydrogen-bond acceptors (Lipinski definition) is 5. The summed E-state index contributed by atoms with van der Waals surface area (Å²) in [7, 11) is -3.61. The number of morpholine rings is 1. The quantitative estimate of drug-likeness (QED) is 0.553. The minimum atomic E-state index is -3.61. The van der Waals surface area contributed by atoms with Gasteiger partial charge < -0.3 is 10.1 Å². The molecule has 0 aliphatic carbocycles. The summed E-state index contributed by atoms with van der Waals surface area (Å²) in [5.41, 5.74) is 2.73. The van der Waals surface area contributed by atoms with Crippen LogP contribution >= 0.6 is 23.2 Å². The van der Waals surface area contributed by atoms with Gasteiger partial charge in [0.1, 0.15) is 0 Å². The zero-order chi connectivity index (χ0) is 24.8. The summed E-state index contributed by atoms with van der Waals surface area (Å²) in [6.45, 7) is 5.22. The molecule has 35 heavy (non-hydrogen) atoms. The first-order valence-electron chi connectivity index (χ1n) is 11.9. The fourth-order valence-electron chi connectivity index (χ4n) is 4.52. The Morgan fingerprint density at radius 3 is 2.60 bits per heavy atom. The molecule has 0 radical (unpaired) electrons. The van der Waals surface area contributed by atoms with Crippen LogP contribution in [0.5, 0.6) is 0 Å². The van der Waals surface area contributed by atoms with E-state index in [0.29, 0.717) is 41.5 Å². The molecule has 1 amide bonds. The predicted molar refractivity (Wildman–Crippen MR) is 138 cm³/mol. The van der Waals surface area contributed by atoms with Crippen LogP contribution in [0.25, 0.3) is 0 Å². The molecule has 1 atom stereocenters. The maximum atomic E-state index is 13.0. The summed E-state index contributed by atoms with van der Waals surface area (Å²) in [5, 5.41) is 3.79. The van der Waals surface area contributed by atoms with E-state index in [4.69, 9.17) is 27.9 Å². The van der Waals surface area contributed by atoms with Crippen LogP contribution in [-0.2, 0) is 38.4 Å². The molecular weight excluding hydrogens is 509 g/mol. The summed E-state index contributed by atoms with van der Waals surface area (Å²) in [5.74, 6) is -0.712. The smallest absolute Gasteiger partial charge is 0.224 e. The second-order valence-corrected chi connectivity index (χ2v) is 11.9. The van der Waals surface area contributed by atoms with Crippen LogP contribution in [0, 0.1) is 5.92 Å². The van der Waals surface area contributed by atoms with Crippen LogP contribution in [0.4, 0.5) is 0 Å². The summed E-state index contributed by atoms with van der Waals surface area (Å²) < 4.78 is 32.9. The second kappa shape index (κ2) is 12.0. The van der Waals surface area contributed by atoms with Gasteiger partial charge in [-0.25, -0.2) is 12.7 Å². The van der Waals surface area contributed by atoms with Crippen LogP contribution in [0.15, 0.2) is 42.5 Å². The van der Waals surface area contributed by atoms with Crippen molar-refractivity contribution in [3.63, 3.8) is 0 Å². The van der Waals surface area contributed by atoms with Gasteiger partial charge in [0.2, 0.25) is 15.9 Å². The average molecular weight is 541 g/mol. The third-order valence-electron chi connectivity index (χ3n) is 6.47. The van der Waals surface area contributed by atoms with Gasteiger partial charge in [-0.05, 0) is 41.7 Å². The summed E-state index contributed by atoms with van der Waals surface area (Å²) in [4.78, 5) is 15.3. The van der Waals surface area contributed by atoms with Crippen LogP contribution in [0.1, 0.15) is 29.5 Å². The Bertz CT molecular complexity index is 1140. The number of piperidine rings is 1. The predicted octanol–water partition coefficient (Wildman–Crippen LogP) is 3.68. The highest BCUT2D eigenvalue weighted by molar-refractivity contribution is 7.88. The number of amides is 1. The van der Waals surface area contributed by atoms with Gasteiger partial charge in [0.05, 0.1) is 24.9 Å². The molecule has 1 N–H and O–H groups in total. The van der Waals surface area contributed by atoms with Crippen LogP contribution < -0.4 is 5.32 Å². The first-order chi connectivity index (χ1) is 16.8. The third-order valence-corrected chi connectivity index (χ3v) is 8.85. The van der Waals surface area contributed by atoms with Gasteiger partial charge in [0.25, 0.3) is 0 Å². The Morgan fingerprint density at radius 2 is 1.83 bits per heavy atom. The second-order valence-electron chi connectivity index (χ2n) is 9.12. The SMILES string of the molecule is O=C(NCc1cccc(CN2CCOCC2)c1)[C@@H]1CCCN(S(=O)(=O)Cc2ccc(Cl)cc2Cl)C1. The highest BCUT2D eigenvalue weighted by Gasteiger charge is 2.32. The summed E-state index contributed by atoms with van der Waals surface area (Å²) in [6.07, 6.45) is 1.30. The van der Waals surface area contributed by atoms with E-state index < -0.39 is 10.0 Å². The van der Waals surface area contributed by atoms with Gasteiger partial charge in [-0.2, -0.15) is 0 Å². The van der Waals surface area contributed by atoms with Crippen molar-refractivity contribution in [3.05, 3.63) is 69.2 Å². The normalized spacial score (nSPS) is 20.0. The number of halogens is 2. The van der Waals surface area contributed by atoms with E-state index in [9.17, 15) is 13.2 Å². The zero-order valence-electron chi connectivity index (χ0n) is 19.6. The maximum Gasteiger partial charge on any atom is 0.224 e. The standard InChI is InChI=1S/C25H31Cl2N3O4S/c26-23-7-6-22(24(27)14-23)18-35(32,33)30-8-2-5-21(17-30)25(31)28-15-19-3-1-4-20(13-19)16-29-9-11-34-12-10-29/h1,3-4,6-7,13-14,21H,2,5,8-12,15-18H2,(H,28,31)/t21-/m1/s1. The van der Waals surface area contributed by atoms with Gasteiger partial charge >= 0.3 is 0 Å². The Hall–Kier alpha value is -1.68. The largest absolute Gasteiger partial charge is 0.379 e. The van der Waals surface area contributed by atoms with Gasteiger partial charge in [-0.1, -0.05) is 53.5 Å². The topological polar surface area (TPSA) is 79.0 Å². The maximum absolute atomic E-state index is 13.0. The number of nitrogens with one attached hydrogen (secondary N) is 1. The molecule has 4 rings (SSSR count). The molecule has 7 nitrogen and oxygen atoms in total. The van der Waals surface area contributed by atoms with Crippen molar-refractivity contribution < 1.29 is 17.9 Å².